The fraction of sp³-hybridized carbons (Fsp3) is 0.696. The summed E-state index contributed by atoms with van der Waals surface area (Å²) in [4.78, 5) is 31.5. The van der Waals surface area contributed by atoms with Gasteiger partial charge in [-0.25, -0.2) is 4.57 Å². The number of rotatable bonds is 2. The first-order valence-electron chi connectivity index (χ1n) is 11.4. The van der Waals surface area contributed by atoms with Crippen molar-refractivity contribution in [1.29, 1.82) is 0 Å². The monoisotopic (exact) mass is 465 g/mol. The molecule has 176 valence electrons. The Hall–Kier alpha value is -1.60. The van der Waals surface area contributed by atoms with Crippen LogP contribution in [0.3, 0.4) is 0 Å². The molecule has 2 heterocycles. The van der Waals surface area contributed by atoms with Crippen molar-refractivity contribution in [2.75, 3.05) is 0 Å². The fourth-order valence-electron chi connectivity index (χ4n) is 7.15. The lowest BCUT2D eigenvalue weighted by Gasteiger charge is -2.67. The summed E-state index contributed by atoms with van der Waals surface area (Å²) in [6.07, 6.45) is 3.36. The topological polar surface area (TPSA) is 125 Å². The third-order valence-electron chi connectivity index (χ3n) is 9.21. The van der Waals surface area contributed by atoms with E-state index in [-0.39, 0.29) is 28.4 Å². The zero-order chi connectivity index (χ0) is 23.3. The number of phosphoric acid groups is 1. The van der Waals surface area contributed by atoms with Crippen molar-refractivity contribution in [3.8, 4) is 11.5 Å². The number of ether oxygens (including phenoxy) is 1. The fourth-order valence-corrected chi connectivity index (χ4v) is 7.57. The minimum atomic E-state index is -4.83. The molecule has 8 nitrogen and oxygen atoms in total. The number of phosphoric ester groups is 1. The molecule has 32 heavy (non-hydrogen) atoms. The minimum Gasteiger partial charge on any atom is -0.486 e. The molecule has 1 amide bonds. The first kappa shape index (κ1) is 22.2. The van der Waals surface area contributed by atoms with Gasteiger partial charge in [0.25, 0.3) is 5.91 Å². The number of benzene rings is 1. The minimum absolute atomic E-state index is 0.0182. The van der Waals surface area contributed by atoms with Crippen LogP contribution in [0.1, 0.15) is 74.9 Å². The average Bonchev–Trinajstić information content (AvgIpc) is 3.05. The van der Waals surface area contributed by atoms with Crippen molar-refractivity contribution in [2.45, 2.75) is 78.0 Å². The van der Waals surface area contributed by atoms with Crippen molar-refractivity contribution in [1.82, 2.24) is 5.32 Å². The molecule has 1 spiro atoms. The number of aliphatic hydroxyl groups is 1. The second kappa shape index (κ2) is 6.72. The van der Waals surface area contributed by atoms with E-state index in [0.29, 0.717) is 48.6 Å². The highest BCUT2D eigenvalue weighted by atomic mass is 31.2. The van der Waals surface area contributed by atoms with Crippen LogP contribution in [0.2, 0.25) is 0 Å². The standard InChI is InChI=1S/C23H32NO7P/c1-12-5-6-17-21(2,3)18(25)7-8-23(17)22(12,4)10-14-16(31-32(27,28)29)9-13-15(19(14)30-23)11-24-20(13)26/h9,12,17-18,25H,5-8,10-11H2,1-4H3,(H,24,26)(H2,27,28,29)/t12-,17-,18?,22-,23+/m0/s1. The van der Waals surface area contributed by atoms with Gasteiger partial charge >= 0.3 is 7.82 Å². The quantitative estimate of drug-likeness (QED) is 0.494. The van der Waals surface area contributed by atoms with Gasteiger partial charge in [0.05, 0.1) is 11.7 Å². The maximum absolute atomic E-state index is 12.4. The van der Waals surface area contributed by atoms with E-state index in [1.165, 1.54) is 6.07 Å². The molecule has 0 aromatic heterocycles. The highest BCUT2D eigenvalue weighted by Gasteiger charge is 2.68. The highest BCUT2D eigenvalue weighted by Crippen LogP contribution is 2.67. The summed E-state index contributed by atoms with van der Waals surface area (Å²) in [5.41, 5.74) is 0.475. The van der Waals surface area contributed by atoms with Crippen molar-refractivity contribution in [3.05, 3.63) is 22.8 Å². The van der Waals surface area contributed by atoms with Gasteiger partial charge < -0.3 is 19.7 Å². The second-order valence-electron chi connectivity index (χ2n) is 11.0. The van der Waals surface area contributed by atoms with E-state index in [1.54, 1.807) is 0 Å². The van der Waals surface area contributed by atoms with E-state index in [0.717, 1.165) is 18.4 Å². The summed E-state index contributed by atoms with van der Waals surface area (Å²) < 4.78 is 23.8. The Morgan fingerprint density at radius 3 is 2.59 bits per heavy atom. The van der Waals surface area contributed by atoms with Crippen LogP contribution in [0.15, 0.2) is 6.07 Å². The number of fused-ring (bicyclic) bond motifs is 3. The molecular weight excluding hydrogens is 433 g/mol. The van der Waals surface area contributed by atoms with Crippen LogP contribution < -0.4 is 14.6 Å². The molecule has 2 aliphatic heterocycles. The van der Waals surface area contributed by atoms with Gasteiger partial charge in [0.15, 0.2) is 0 Å². The predicted octanol–water partition coefficient (Wildman–Crippen LogP) is 3.31. The molecule has 2 aliphatic carbocycles. The smallest absolute Gasteiger partial charge is 0.486 e. The Labute approximate surface area is 187 Å². The van der Waals surface area contributed by atoms with Crippen LogP contribution in [-0.4, -0.2) is 32.5 Å². The zero-order valence-corrected chi connectivity index (χ0v) is 19.9. The van der Waals surface area contributed by atoms with E-state index in [1.807, 2.05) is 0 Å². The third-order valence-corrected chi connectivity index (χ3v) is 9.65. The summed E-state index contributed by atoms with van der Waals surface area (Å²) in [5.74, 6) is 0.646. The molecule has 0 saturated heterocycles. The summed E-state index contributed by atoms with van der Waals surface area (Å²) in [6, 6.07) is 1.44. The predicted molar refractivity (Wildman–Crippen MR) is 116 cm³/mol. The number of carbonyl (C=O) groups excluding carboxylic acids is 1. The van der Waals surface area contributed by atoms with Gasteiger partial charge in [0, 0.05) is 29.0 Å². The first-order chi connectivity index (χ1) is 14.8. The third kappa shape index (κ3) is 2.86. The summed E-state index contributed by atoms with van der Waals surface area (Å²) in [5, 5.41) is 13.7. The normalized spacial score (nSPS) is 37.3. The zero-order valence-electron chi connectivity index (χ0n) is 19.0. The molecule has 1 aromatic rings. The maximum Gasteiger partial charge on any atom is 0.524 e. The van der Waals surface area contributed by atoms with Crippen LogP contribution in [0, 0.1) is 22.7 Å². The van der Waals surface area contributed by atoms with Crippen LogP contribution in [0.25, 0.3) is 0 Å². The summed E-state index contributed by atoms with van der Waals surface area (Å²) >= 11 is 0. The van der Waals surface area contributed by atoms with Crippen LogP contribution in [0.5, 0.6) is 11.5 Å². The highest BCUT2D eigenvalue weighted by molar-refractivity contribution is 7.46. The number of hydrogen-bond donors (Lipinski definition) is 4. The Morgan fingerprint density at radius 2 is 1.91 bits per heavy atom. The summed E-state index contributed by atoms with van der Waals surface area (Å²) in [7, 11) is -4.83. The lowest BCUT2D eigenvalue weighted by molar-refractivity contribution is -0.233. The second-order valence-corrected chi connectivity index (χ2v) is 12.1. The molecule has 4 aliphatic rings. The average molecular weight is 465 g/mol. The lowest BCUT2D eigenvalue weighted by Crippen LogP contribution is -2.70. The van der Waals surface area contributed by atoms with Gasteiger partial charge in [0.1, 0.15) is 17.1 Å². The van der Waals surface area contributed by atoms with Crippen molar-refractivity contribution in [2.24, 2.45) is 22.7 Å². The van der Waals surface area contributed by atoms with E-state index < -0.39 is 19.5 Å². The van der Waals surface area contributed by atoms with Crippen molar-refractivity contribution in [3.63, 3.8) is 0 Å². The van der Waals surface area contributed by atoms with E-state index in [4.69, 9.17) is 9.26 Å². The molecule has 2 fully saturated rings. The molecule has 0 bridgehead atoms. The summed E-state index contributed by atoms with van der Waals surface area (Å²) in [6.45, 7) is 8.96. The van der Waals surface area contributed by atoms with E-state index in [9.17, 15) is 24.3 Å². The Morgan fingerprint density at radius 1 is 1.19 bits per heavy atom. The van der Waals surface area contributed by atoms with Crippen LogP contribution >= 0.6 is 7.82 Å². The van der Waals surface area contributed by atoms with Gasteiger partial charge in [0.2, 0.25) is 0 Å². The molecule has 1 unspecified atom stereocenters. The van der Waals surface area contributed by atoms with Gasteiger partial charge in [-0.3, -0.25) is 14.6 Å². The molecule has 9 heteroatoms. The molecular formula is C23H32NO7P. The molecule has 4 N–H and O–H groups in total. The number of amides is 1. The molecule has 5 atom stereocenters. The van der Waals surface area contributed by atoms with Crippen LogP contribution in [-0.2, 0) is 17.5 Å². The molecule has 0 radical (unpaired) electrons. The SMILES string of the molecule is C[C@H]1CC[C@H]2C(C)(C)C(O)CC[C@@]23Oc2c(c(OP(=O)(O)O)cc4c2CNC4=O)C[C@@]13C. The van der Waals surface area contributed by atoms with Crippen molar-refractivity contribution < 1.29 is 33.5 Å². The van der Waals surface area contributed by atoms with Gasteiger partial charge in [-0.1, -0.05) is 27.7 Å². The first-order valence-corrected chi connectivity index (χ1v) is 12.9. The van der Waals surface area contributed by atoms with Crippen molar-refractivity contribution >= 4 is 13.7 Å². The number of hydrogen-bond acceptors (Lipinski definition) is 5. The largest absolute Gasteiger partial charge is 0.524 e. The Bertz CT molecular complexity index is 1050. The lowest BCUT2D eigenvalue weighted by atomic mass is 9.43. The van der Waals surface area contributed by atoms with E-state index in [2.05, 4.69) is 33.0 Å². The number of nitrogens with one attached hydrogen (secondary N) is 1. The van der Waals surface area contributed by atoms with Gasteiger partial charge in [-0.2, -0.15) is 0 Å². The van der Waals surface area contributed by atoms with Gasteiger partial charge in [-0.05, 0) is 49.5 Å². The number of carbonyl (C=O) groups is 1. The molecule has 1 aromatic carbocycles. The molecule has 2 saturated carbocycles. The van der Waals surface area contributed by atoms with Crippen LogP contribution in [0.4, 0.5) is 0 Å². The Balaban J connectivity index is 1.74. The number of aliphatic hydroxyl groups excluding tert-OH is 1. The maximum atomic E-state index is 12.4. The Kier molecular flexibility index (Phi) is 4.66. The van der Waals surface area contributed by atoms with E-state index >= 15 is 0 Å². The van der Waals surface area contributed by atoms with Gasteiger partial charge in [-0.15, -0.1) is 0 Å². The molecule has 5 rings (SSSR count).